The highest BCUT2D eigenvalue weighted by atomic mass is 16.6. The van der Waals surface area contributed by atoms with E-state index in [1.165, 1.54) is 48.5 Å². The van der Waals surface area contributed by atoms with Crippen LogP contribution in [0, 0.1) is 0 Å². The van der Waals surface area contributed by atoms with Crippen molar-refractivity contribution in [3.05, 3.63) is 71.8 Å². The number of carbonyl (C=O) groups is 3. The normalized spacial score (nSPS) is 30.4. The maximum absolute atomic E-state index is 13.5. The van der Waals surface area contributed by atoms with E-state index >= 15 is 0 Å². The van der Waals surface area contributed by atoms with Gasteiger partial charge in [-0.25, -0.2) is 0 Å². The van der Waals surface area contributed by atoms with Crippen molar-refractivity contribution in [2.75, 3.05) is 6.61 Å². The standard InChI is InChI=1S/C22H23NO8/c1-13(25)23-17-20(28)31-16(12-24)21(29,18(26)14-8-4-2-5-9-14)22(17,30)19(27)15-10-6-3-7-11-15/h2-11,16-17,20,24,28-30H,12H2,1H3,(H,23,25)/t16-,17+,20+,21+,22+/m1/s1. The highest BCUT2D eigenvalue weighted by Crippen LogP contribution is 2.42. The lowest BCUT2D eigenvalue weighted by molar-refractivity contribution is -0.295. The summed E-state index contributed by atoms with van der Waals surface area (Å²) < 4.78 is 5.20. The van der Waals surface area contributed by atoms with Gasteiger partial charge >= 0.3 is 0 Å². The molecule has 1 saturated heterocycles. The zero-order valence-electron chi connectivity index (χ0n) is 16.6. The Kier molecular flexibility index (Phi) is 6.35. The number of hydrogen-bond donors (Lipinski definition) is 5. The molecule has 0 radical (unpaired) electrons. The Morgan fingerprint density at radius 3 is 1.77 bits per heavy atom. The van der Waals surface area contributed by atoms with E-state index in [1.807, 2.05) is 0 Å². The average molecular weight is 429 g/mol. The minimum atomic E-state index is -3.09. The van der Waals surface area contributed by atoms with E-state index in [9.17, 15) is 34.8 Å². The SMILES string of the molecule is CC(=O)N[C@H]1[C@@H](O)O[C@H](CO)[C@](O)(C(=O)c2ccccc2)[C@@]1(O)C(=O)c1ccccc1. The number of aliphatic hydroxyl groups excluding tert-OH is 2. The highest BCUT2D eigenvalue weighted by molar-refractivity contribution is 6.13. The minimum Gasteiger partial charge on any atom is -0.394 e. The first-order chi connectivity index (χ1) is 14.7. The molecular weight excluding hydrogens is 406 g/mol. The predicted molar refractivity (Wildman–Crippen MR) is 107 cm³/mol. The molecule has 31 heavy (non-hydrogen) atoms. The Bertz CT molecular complexity index is 966. The Morgan fingerprint density at radius 2 is 1.35 bits per heavy atom. The molecule has 0 unspecified atom stereocenters. The summed E-state index contributed by atoms with van der Waals surface area (Å²) in [5, 5.41) is 45.9. The maximum Gasteiger partial charge on any atom is 0.217 e. The predicted octanol–water partition coefficient (Wildman–Crippen LogP) is -0.571. The number of Topliss-reactive ketones (excluding diaryl/α,β-unsaturated/α-hetero) is 2. The van der Waals surface area contributed by atoms with E-state index in [0.717, 1.165) is 6.92 Å². The van der Waals surface area contributed by atoms with Gasteiger partial charge in [-0.3, -0.25) is 14.4 Å². The molecule has 2 aromatic rings. The summed E-state index contributed by atoms with van der Waals surface area (Å²) in [5.74, 6) is -3.02. The van der Waals surface area contributed by atoms with E-state index in [1.54, 1.807) is 12.1 Å². The van der Waals surface area contributed by atoms with Crippen LogP contribution in [0.2, 0.25) is 0 Å². The van der Waals surface area contributed by atoms with Crippen LogP contribution in [0.4, 0.5) is 0 Å². The molecule has 3 rings (SSSR count). The molecule has 1 heterocycles. The number of rotatable bonds is 6. The monoisotopic (exact) mass is 429 g/mol. The quantitative estimate of drug-likeness (QED) is 0.383. The molecular formula is C22H23NO8. The molecule has 1 amide bonds. The second-order valence-corrected chi connectivity index (χ2v) is 7.30. The zero-order chi connectivity index (χ0) is 22.8. The van der Waals surface area contributed by atoms with Gasteiger partial charge in [0.1, 0.15) is 12.1 Å². The molecule has 0 spiro atoms. The van der Waals surface area contributed by atoms with Gasteiger partial charge in [0.2, 0.25) is 11.7 Å². The first-order valence-electron chi connectivity index (χ1n) is 9.53. The lowest BCUT2D eigenvalue weighted by Crippen LogP contribution is -2.82. The van der Waals surface area contributed by atoms with Gasteiger partial charge in [0.25, 0.3) is 0 Å². The topological polar surface area (TPSA) is 153 Å². The number of amides is 1. The first kappa shape index (κ1) is 22.7. The van der Waals surface area contributed by atoms with Gasteiger partial charge < -0.3 is 30.5 Å². The van der Waals surface area contributed by atoms with Gasteiger partial charge in [0, 0.05) is 18.1 Å². The van der Waals surface area contributed by atoms with E-state index in [4.69, 9.17) is 4.74 Å². The Morgan fingerprint density at radius 1 is 0.903 bits per heavy atom. The average Bonchev–Trinajstić information content (AvgIpc) is 2.79. The van der Waals surface area contributed by atoms with Crippen LogP contribution < -0.4 is 5.32 Å². The summed E-state index contributed by atoms with van der Waals surface area (Å²) in [4.78, 5) is 38.7. The smallest absolute Gasteiger partial charge is 0.217 e. The van der Waals surface area contributed by atoms with Gasteiger partial charge in [0.15, 0.2) is 23.3 Å². The summed E-state index contributed by atoms with van der Waals surface area (Å²) in [6.07, 6.45) is -3.89. The van der Waals surface area contributed by atoms with E-state index in [-0.39, 0.29) is 11.1 Å². The van der Waals surface area contributed by atoms with Crippen molar-refractivity contribution in [1.82, 2.24) is 5.32 Å². The fourth-order valence-corrected chi connectivity index (χ4v) is 3.86. The van der Waals surface area contributed by atoms with Gasteiger partial charge in [0.05, 0.1) is 6.61 Å². The van der Waals surface area contributed by atoms with Crippen LogP contribution in [0.25, 0.3) is 0 Å². The number of nitrogens with one attached hydrogen (secondary N) is 1. The van der Waals surface area contributed by atoms with Crippen LogP contribution in [0.3, 0.4) is 0 Å². The van der Waals surface area contributed by atoms with E-state index in [0.29, 0.717) is 0 Å². The van der Waals surface area contributed by atoms with Crippen molar-refractivity contribution in [3.63, 3.8) is 0 Å². The van der Waals surface area contributed by atoms with E-state index in [2.05, 4.69) is 5.32 Å². The number of hydrogen-bond acceptors (Lipinski definition) is 8. The Hall–Kier alpha value is -2.95. The summed E-state index contributed by atoms with van der Waals surface area (Å²) in [6.45, 7) is 0.0552. The molecule has 1 fully saturated rings. The molecule has 2 aromatic carbocycles. The van der Waals surface area contributed by atoms with Crippen molar-refractivity contribution in [2.45, 2.75) is 36.6 Å². The largest absolute Gasteiger partial charge is 0.394 e. The molecule has 0 aliphatic carbocycles. The highest BCUT2D eigenvalue weighted by Gasteiger charge is 2.72. The molecule has 1 aliphatic rings. The van der Waals surface area contributed by atoms with Gasteiger partial charge in [-0.05, 0) is 0 Å². The molecule has 0 saturated carbocycles. The molecule has 0 bridgehead atoms. The van der Waals surface area contributed by atoms with Crippen LogP contribution in [0.5, 0.6) is 0 Å². The van der Waals surface area contributed by atoms with Gasteiger partial charge in [-0.1, -0.05) is 60.7 Å². The fraction of sp³-hybridized carbons (Fsp3) is 0.318. The molecule has 164 valence electrons. The lowest BCUT2D eigenvalue weighted by atomic mass is 9.64. The summed E-state index contributed by atoms with van der Waals surface area (Å²) in [5.41, 5.74) is -6.31. The van der Waals surface area contributed by atoms with Crippen molar-refractivity contribution >= 4 is 17.5 Å². The van der Waals surface area contributed by atoms with Crippen molar-refractivity contribution in [3.8, 4) is 0 Å². The third-order valence-corrected chi connectivity index (χ3v) is 5.37. The number of benzene rings is 2. The van der Waals surface area contributed by atoms with Crippen molar-refractivity contribution in [1.29, 1.82) is 0 Å². The van der Waals surface area contributed by atoms with Gasteiger partial charge in [-0.2, -0.15) is 0 Å². The van der Waals surface area contributed by atoms with Gasteiger partial charge in [-0.15, -0.1) is 0 Å². The Balaban J connectivity index is 2.27. The maximum atomic E-state index is 13.5. The summed E-state index contributed by atoms with van der Waals surface area (Å²) in [6, 6.07) is 12.7. The molecule has 9 heteroatoms. The van der Waals surface area contributed by atoms with Crippen molar-refractivity contribution in [2.24, 2.45) is 0 Å². The zero-order valence-corrected chi connectivity index (χ0v) is 16.6. The van der Waals surface area contributed by atoms with Crippen LogP contribution in [-0.4, -0.2) is 74.1 Å². The second-order valence-electron chi connectivity index (χ2n) is 7.30. The molecule has 5 N–H and O–H groups in total. The molecule has 5 atom stereocenters. The molecule has 9 nitrogen and oxygen atoms in total. The number of aliphatic hydroxyl groups is 4. The van der Waals surface area contributed by atoms with Crippen molar-refractivity contribution < 1.29 is 39.5 Å². The number of ketones is 2. The number of carbonyl (C=O) groups excluding carboxylic acids is 3. The van der Waals surface area contributed by atoms with Crippen LogP contribution in [0.1, 0.15) is 27.6 Å². The van der Waals surface area contributed by atoms with Crippen LogP contribution in [0.15, 0.2) is 60.7 Å². The molecule has 0 aromatic heterocycles. The molecule has 1 aliphatic heterocycles. The van der Waals surface area contributed by atoms with Crippen LogP contribution >= 0.6 is 0 Å². The van der Waals surface area contributed by atoms with E-state index < -0.39 is 53.7 Å². The fourth-order valence-electron chi connectivity index (χ4n) is 3.86. The summed E-state index contributed by atoms with van der Waals surface area (Å²) in [7, 11) is 0. The first-order valence-corrected chi connectivity index (χ1v) is 9.53. The number of ether oxygens (including phenoxy) is 1. The second kappa shape index (κ2) is 8.66. The third kappa shape index (κ3) is 3.67. The summed E-state index contributed by atoms with van der Waals surface area (Å²) >= 11 is 0. The lowest BCUT2D eigenvalue weighted by Gasteiger charge is -2.53. The van der Waals surface area contributed by atoms with Crippen LogP contribution in [-0.2, 0) is 9.53 Å². The third-order valence-electron chi connectivity index (χ3n) is 5.37. The minimum absolute atomic E-state index is 0.0794. The Labute approximate surface area is 177 Å².